The van der Waals surface area contributed by atoms with Crippen LogP contribution in [0.1, 0.15) is 25.3 Å². The van der Waals surface area contributed by atoms with Gasteiger partial charge in [0.25, 0.3) is 0 Å². The zero-order valence-corrected chi connectivity index (χ0v) is 11.9. The van der Waals surface area contributed by atoms with Crippen LogP contribution in [0.4, 0.5) is 4.39 Å². The normalized spacial score (nSPS) is 25.5. The van der Waals surface area contributed by atoms with E-state index in [-0.39, 0.29) is 11.4 Å². The van der Waals surface area contributed by atoms with Crippen LogP contribution in [0.25, 0.3) is 0 Å². The molecular formula is C13H18FNO3S. The van der Waals surface area contributed by atoms with Gasteiger partial charge in [-0.25, -0.2) is 12.8 Å². The highest BCUT2D eigenvalue weighted by Gasteiger charge is 2.36. The third-order valence-corrected chi connectivity index (χ3v) is 5.40. The van der Waals surface area contributed by atoms with Crippen LogP contribution in [0.5, 0.6) is 0 Å². The second kappa shape index (κ2) is 4.85. The standard InChI is InChI=1S/C13H18FNO3S/c1-10-8-11(14)4-5-12(10)19(17,18)15-7-3-6-13(2,16)9-15/h4-5,8,16H,3,6-7,9H2,1-2H3. The molecule has 0 aliphatic carbocycles. The average Bonchev–Trinajstić information content (AvgIpc) is 2.27. The maximum Gasteiger partial charge on any atom is 0.243 e. The zero-order chi connectivity index (χ0) is 14.3. The van der Waals surface area contributed by atoms with Gasteiger partial charge < -0.3 is 5.11 Å². The van der Waals surface area contributed by atoms with E-state index < -0.39 is 21.4 Å². The molecule has 6 heteroatoms. The third kappa shape index (κ3) is 2.96. The zero-order valence-electron chi connectivity index (χ0n) is 11.1. The SMILES string of the molecule is Cc1cc(F)ccc1S(=O)(=O)N1CCCC(C)(O)C1. The van der Waals surface area contributed by atoms with Crippen LogP contribution in [-0.4, -0.2) is 36.5 Å². The number of nitrogens with zero attached hydrogens (tertiary/aromatic N) is 1. The van der Waals surface area contributed by atoms with Crippen molar-refractivity contribution < 1.29 is 17.9 Å². The lowest BCUT2D eigenvalue weighted by Crippen LogP contribution is -2.48. The molecule has 0 amide bonds. The largest absolute Gasteiger partial charge is 0.389 e. The number of aliphatic hydroxyl groups is 1. The summed E-state index contributed by atoms with van der Waals surface area (Å²) in [6.07, 6.45) is 1.20. The Morgan fingerprint density at radius 2 is 2.11 bits per heavy atom. The molecule has 1 saturated heterocycles. The Morgan fingerprint density at radius 1 is 1.42 bits per heavy atom. The Labute approximate surface area is 112 Å². The minimum absolute atomic E-state index is 0.0755. The molecule has 2 rings (SSSR count). The molecular weight excluding hydrogens is 269 g/mol. The minimum atomic E-state index is -3.67. The van der Waals surface area contributed by atoms with Gasteiger partial charge in [-0.1, -0.05) is 0 Å². The number of benzene rings is 1. The Balaban J connectivity index is 2.37. The van der Waals surface area contributed by atoms with Gasteiger partial charge in [-0.3, -0.25) is 0 Å². The van der Waals surface area contributed by atoms with Crippen molar-refractivity contribution in [2.24, 2.45) is 0 Å². The summed E-state index contributed by atoms with van der Waals surface area (Å²) in [4.78, 5) is 0.103. The molecule has 1 atom stereocenters. The van der Waals surface area contributed by atoms with Gasteiger partial charge >= 0.3 is 0 Å². The molecule has 1 fully saturated rings. The van der Waals surface area contributed by atoms with Crippen LogP contribution in [0.3, 0.4) is 0 Å². The van der Waals surface area contributed by atoms with Crippen molar-refractivity contribution in [1.82, 2.24) is 4.31 Å². The number of sulfonamides is 1. The predicted octanol–water partition coefficient (Wildman–Crippen LogP) is 1.67. The monoisotopic (exact) mass is 287 g/mol. The maximum absolute atomic E-state index is 13.1. The van der Waals surface area contributed by atoms with Crippen LogP contribution in [0.15, 0.2) is 23.1 Å². The number of hydrogen-bond donors (Lipinski definition) is 1. The van der Waals surface area contributed by atoms with Crippen molar-refractivity contribution in [2.45, 2.75) is 37.2 Å². The summed E-state index contributed by atoms with van der Waals surface area (Å²) in [5, 5.41) is 10.0. The van der Waals surface area contributed by atoms with Crippen LogP contribution in [0.2, 0.25) is 0 Å². The van der Waals surface area contributed by atoms with Gasteiger partial charge in [0.1, 0.15) is 5.82 Å². The van der Waals surface area contributed by atoms with Crippen molar-refractivity contribution in [3.63, 3.8) is 0 Å². The van der Waals surface area contributed by atoms with Gasteiger partial charge in [-0.15, -0.1) is 0 Å². The van der Waals surface area contributed by atoms with E-state index in [1.54, 1.807) is 13.8 Å². The van der Waals surface area contributed by atoms with E-state index in [1.807, 2.05) is 0 Å². The molecule has 0 spiro atoms. The molecule has 1 aromatic rings. The first-order valence-corrected chi connectivity index (χ1v) is 7.65. The lowest BCUT2D eigenvalue weighted by Gasteiger charge is -2.36. The summed E-state index contributed by atoms with van der Waals surface area (Å²) >= 11 is 0. The highest BCUT2D eigenvalue weighted by atomic mass is 32.2. The first kappa shape index (κ1) is 14.4. The van der Waals surface area contributed by atoms with Gasteiger partial charge in [0.15, 0.2) is 0 Å². The van der Waals surface area contributed by atoms with E-state index in [9.17, 15) is 17.9 Å². The van der Waals surface area contributed by atoms with Crippen molar-refractivity contribution in [1.29, 1.82) is 0 Å². The molecule has 0 saturated carbocycles. The van der Waals surface area contributed by atoms with Crippen LogP contribution in [-0.2, 0) is 10.0 Å². The quantitative estimate of drug-likeness (QED) is 0.900. The molecule has 1 heterocycles. The second-order valence-electron chi connectivity index (χ2n) is 5.35. The first-order valence-electron chi connectivity index (χ1n) is 6.21. The van der Waals surface area contributed by atoms with Crippen molar-refractivity contribution in [3.05, 3.63) is 29.6 Å². The lowest BCUT2D eigenvalue weighted by atomic mass is 9.97. The topological polar surface area (TPSA) is 57.6 Å². The summed E-state index contributed by atoms with van der Waals surface area (Å²) in [5.74, 6) is -0.456. The summed E-state index contributed by atoms with van der Waals surface area (Å²) < 4.78 is 39.3. The van der Waals surface area contributed by atoms with Gasteiger partial charge in [0.2, 0.25) is 10.0 Å². The molecule has 0 bridgehead atoms. The number of halogens is 1. The van der Waals surface area contributed by atoms with Crippen LogP contribution in [0, 0.1) is 12.7 Å². The summed E-state index contributed by atoms with van der Waals surface area (Å²) in [5.41, 5.74) is -0.621. The van der Waals surface area contributed by atoms with Crippen LogP contribution >= 0.6 is 0 Å². The van der Waals surface area contributed by atoms with Gasteiger partial charge in [0, 0.05) is 13.1 Å². The minimum Gasteiger partial charge on any atom is -0.389 e. The lowest BCUT2D eigenvalue weighted by molar-refractivity contribution is 0.00939. The first-order chi connectivity index (χ1) is 8.72. The summed E-state index contributed by atoms with van der Waals surface area (Å²) in [6, 6.07) is 3.63. The Kier molecular flexibility index (Phi) is 3.68. The molecule has 4 nitrogen and oxygen atoms in total. The Hall–Kier alpha value is -0.980. The van der Waals surface area contributed by atoms with Crippen LogP contribution < -0.4 is 0 Å². The molecule has 1 unspecified atom stereocenters. The molecule has 0 radical (unpaired) electrons. The van der Waals surface area contributed by atoms with Crippen molar-refractivity contribution in [2.75, 3.05) is 13.1 Å². The Bertz CT molecular complexity index is 584. The van der Waals surface area contributed by atoms with Gasteiger partial charge in [-0.2, -0.15) is 4.31 Å². The highest BCUT2D eigenvalue weighted by Crippen LogP contribution is 2.27. The molecule has 1 aliphatic heterocycles. The van der Waals surface area contributed by atoms with E-state index in [2.05, 4.69) is 0 Å². The van der Waals surface area contributed by atoms with Gasteiger partial charge in [-0.05, 0) is 50.5 Å². The van der Waals surface area contributed by atoms with E-state index in [1.165, 1.54) is 16.4 Å². The van der Waals surface area contributed by atoms with E-state index in [0.29, 0.717) is 24.9 Å². The second-order valence-corrected chi connectivity index (χ2v) is 7.26. The maximum atomic E-state index is 13.1. The molecule has 19 heavy (non-hydrogen) atoms. The van der Waals surface area contributed by atoms with E-state index >= 15 is 0 Å². The van der Waals surface area contributed by atoms with E-state index in [4.69, 9.17) is 0 Å². The summed E-state index contributed by atoms with van der Waals surface area (Å²) in [6.45, 7) is 3.66. The highest BCUT2D eigenvalue weighted by molar-refractivity contribution is 7.89. The number of aryl methyl sites for hydroxylation is 1. The number of β-amino-alcohol motifs (C(OH)–C–C–N with tert-alkyl or cyclic N) is 1. The van der Waals surface area contributed by atoms with Crippen molar-refractivity contribution in [3.8, 4) is 0 Å². The number of hydrogen-bond acceptors (Lipinski definition) is 3. The fourth-order valence-corrected chi connectivity index (χ4v) is 4.22. The van der Waals surface area contributed by atoms with Crippen molar-refractivity contribution >= 4 is 10.0 Å². The predicted molar refractivity (Wildman–Crippen MR) is 69.8 cm³/mol. The fraction of sp³-hybridized carbons (Fsp3) is 0.538. The Morgan fingerprint density at radius 3 is 2.68 bits per heavy atom. The smallest absolute Gasteiger partial charge is 0.243 e. The molecule has 0 aromatic heterocycles. The number of rotatable bonds is 2. The molecule has 1 aromatic carbocycles. The molecule has 1 N–H and O–H groups in total. The number of piperidine rings is 1. The molecule has 106 valence electrons. The van der Waals surface area contributed by atoms with E-state index in [0.717, 1.165) is 6.07 Å². The third-order valence-electron chi connectivity index (χ3n) is 3.39. The molecule has 1 aliphatic rings. The van der Waals surface area contributed by atoms with Gasteiger partial charge in [0.05, 0.1) is 10.5 Å². The fourth-order valence-electron chi connectivity index (χ4n) is 2.42. The average molecular weight is 287 g/mol. The summed E-state index contributed by atoms with van der Waals surface area (Å²) in [7, 11) is -3.67.